The van der Waals surface area contributed by atoms with Crippen LogP contribution >= 0.6 is 15.9 Å². The van der Waals surface area contributed by atoms with E-state index in [2.05, 4.69) is 27.9 Å². The molecule has 4 heteroatoms. The smallest absolute Gasteiger partial charge is 0.328 e. The van der Waals surface area contributed by atoms with Crippen LogP contribution in [0, 0.1) is 0 Å². The van der Waals surface area contributed by atoms with Gasteiger partial charge in [-0.3, -0.25) is 0 Å². The maximum atomic E-state index is 10.4. The van der Waals surface area contributed by atoms with Crippen molar-refractivity contribution in [3.8, 4) is 0 Å². The molecule has 0 unspecified atom stereocenters. The van der Waals surface area contributed by atoms with Crippen molar-refractivity contribution in [2.24, 2.45) is 0 Å². The molecular formula is C13H14BrNO2. The van der Waals surface area contributed by atoms with Gasteiger partial charge < -0.3 is 10.0 Å². The molecule has 17 heavy (non-hydrogen) atoms. The predicted octanol–water partition coefficient (Wildman–Crippen LogP) is 3.15. The largest absolute Gasteiger partial charge is 0.478 e. The van der Waals surface area contributed by atoms with Gasteiger partial charge in [0.1, 0.15) is 0 Å². The van der Waals surface area contributed by atoms with E-state index in [0.717, 1.165) is 21.8 Å². The lowest BCUT2D eigenvalue weighted by atomic mass is 10.2. The van der Waals surface area contributed by atoms with E-state index in [1.807, 2.05) is 18.2 Å². The Morgan fingerprint density at radius 2 is 2.24 bits per heavy atom. The van der Waals surface area contributed by atoms with Gasteiger partial charge in [0.25, 0.3) is 0 Å². The summed E-state index contributed by atoms with van der Waals surface area (Å²) in [6.45, 7) is 0. The Morgan fingerprint density at radius 3 is 2.76 bits per heavy atom. The summed E-state index contributed by atoms with van der Waals surface area (Å²) in [4.78, 5) is 12.7. The molecule has 90 valence electrons. The van der Waals surface area contributed by atoms with E-state index in [4.69, 9.17) is 5.11 Å². The van der Waals surface area contributed by atoms with Gasteiger partial charge in [0, 0.05) is 29.3 Å². The quantitative estimate of drug-likeness (QED) is 0.868. The third kappa shape index (κ3) is 3.09. The Bertz CT molecular complexity index is 466. The van der Waals surface area contributed by atoms with Crippen LogP contribution in [0.4, 0.5) is 5.69 Å². The maximum absolute atomic E-state index is 10.4. The molecule has 0 saturated heterocycles. The molecule has 0 amide bonds. The summed E-state index contributed by atoms with van der Waals surface area (Å²) in [6, 6.07) is 6.64. The first-order valence-corrected chi connectivity index (χ1v) is 6.30. The third-order valence-corrected chi connectivity index (χ3v) is 3.58. The molecule has 0 spiro atoms. The van der Waals surface area contributed by atoms with Crippen molar-refractivity contribution >= 4 is 33.7 Å². The highest BCUT2D eigenvalue weighted by Crippen LogP contribution is 2.32. The highest BCUT2D eigenvalue weighted by atomic mass is 79.9. The van der Waals surface area contributed by atoms with Gasteiger partial charge in [-0.1, -0.05) is 22.0 Å². The van der Waals surface area contributed by atoms with Crippen LogP contribution in [0.2, 0.25) is 0 Å². The van der Waals surface area contributed by atoms with Crippen LogP contribution in [-0.4, -0.2) is 24.2 Å². The standard InChI is InChI=1S/C13H14BrNO2/c1-15(10-5-6-10)11-4-2-9(12(14)8-11)3-7-13(16)17/h2-4,7-8,10H,5-6H2,1H3,(H,16,17)/b7-3+. The summed E-state index contributed by atoms with van der Waals surface area (Å²) >= 11 is 3.46. The van der Waals surface area contributed by atoms with Gasteiger partial charge in [0.15, 0.2) is 0 Å². The van der Waals surface area contributed by atoms with Gasteiger partial charge in [0.2, 0.25) is 0 Å². The molecule has 1 N–H and O–H groups in total. The van der Waals surface area contributed by atoms with Crippen LogP contribution in [0.25, 0.3) is 6.08 Å². The number of carboxylic acid groups (broad SMARTS) is 1. The van der Waals surface area contributed by atoms with E-state index in [1.165, 1.54) is 12.8 Å². The van der Waals surface area contributed by atoms with E-state index in [1.54, 1.807) is 6.08 Å². The molecule has 0 aromatic heterocycles. The number of hydrogen-bond acceptors (Lipinski definition) is 2. The summed E-state index contributed by atoms with van der Waals surface area (Å²) in [7, 11) is 2.09. The van der Waals surface area contributed by atoms with Crippen molar-refractivity contribution in [2.45, 2.75) is 18.9 Å². The summed E-state index contributed by atoms with van der Waals surface area (Å²) in [6.07, 6.45) is 5.25. The Kier molecular flexibility index (Phi) is 3.52. The van der Waals surface area contributed by atoms with Gasteiger partial charge >= 0.3 is 5.97 Å². The molecule has 1 saturated carbocycles. The number of benzene rings is 1. The number of carbonyl (C=O) groups is 1. The SMILES string of the molecule is CN(c1ccc(/C=C/C(=O)O)c(Br)c1)C1CC1. The molecule has 1 aromatic rings. The summed E-state index contributed by atoms with van der Waals surface area (Å²) in [5, 5.41) is 8.58. The molecule has 0 bridgehead atoms. The van der Waals surface area contributed by atoms with Crippen molar-refractivity contribution in [2.75, 3.05) is 11.9 Å². The van der Waals surface area contributed by atoms with Crippen molar-refractivity contribution in [3.63, 3.8) is 0 Å². The summed E-state index contributed by atoms with van der Waals surface area (Å²) in [5.74, 6) is -0.934. The van der Waals surface area contributed by atoms with Crippen LogP contribution < -0.4 is 4.90 Å². The van der Waals surface area contributed by atoms with Crippen molar-refractivity contribution in [1.82, 2.24) is 0 Å². The van der Waals surface area contributed by atoms with E-state index in [-0.39, 0.29) is 0 Å². The summed E-state index contributed by atoms with van der Waals surface area (Å²) in [5.41, 5.74) is 2.03. The molecule has 0 heterocycles. The second kappa shape index (κ2) is 4.92. The first-order chi connectivity index (χ1) is 8.08. The molecule has 1 fully saturated rings. The van der Waals surface area contributed by atoms with Crippen LogP contribution in [0.5, 0.6) is 0 Å². The molecule has 1 aliphatic rings. The topological polar surface area (TPSA) is 40.5 Å². The highest BCUT2D eigenvalue weighted by Gasteiger charge is 2.26. The summed E-state index contributed by atoms with van der Waals surface area (Å²) < 4.78 is 0.917. The van der Waals surface area contributed by atoms with E-state index >= 15 is 0 Å². The lowest BCUT2D eigenvalue weighted by Crippen LogP contribution is -2.19. The first kappa shape index (κ1) is 12.2. The average molecular weight is 296 g/mol. The Morgan fingerprint density at radius 1 is 1.53 bits per heavy atom. The second-order valence-electron chi connectivity index (χ2n) is 4.22. The fourth-order valence-corrected chi connectivity index (χ4v) is 2.20. The monoisotopic (exact) mass is 295 g/mol. The fourth-order valence-electron chi connectivity index (χ4n) is 1.70. The fraction of sp³-hybridized carbons (Fsp3) is 0.308. The second-order valence-corrected chi connectivity index (χ2v) is 5.07. The minimum Gasteiger partial charge on any atom is -0.478 e. The minimum absolute atomic E-state index is 0.669. The van der Waals surface area contributed by atoms with Crippen molar-refractivity contribution in [1.29, 1.82) is 0 Å². The van der Waals surface area contributed by atoms with Crippen molar-refractivity contribution in [3.05, 3.63) is 34.3 Å². The molecule has 0 radical (unpaired) electrons. The Balaban J connectivity index is 2.18. The number of halogens is 1. The molecule has 2 rings (SSSR count). The van der Waals surface area contributed by atoms with Gasteiger partial charge in [-0.25, -0.2) is 4.79 Å². The van der Waals surface area contributed by atoms with Crippen LogP contribution in [-0.2, 0) is 4.79 Å². The van der Waals surface area contributed by atoms with Gasteiger partial charge in [-0.2, -0.15) is 0 Å². The Hall–Kier alpha value is -1.29. The van der Waals surface area contributed by atoms with Gasteiger partial charge in [-0.15, -0.1) is 0 Å². The molecule has 1 aliphatic carbocycles. The van der Waals surface area contributed by atoms with Gasteiger partial charge in [-0.05, 0) is 36.6 Å². The molecule has 3 nitrogen and oxygen atoms in total. The molecule has 1 aromatic carbocycles. The Labute approximate surface area is 109 Å². The molecule has 0 aliphatic heterocycles. The van der Waals surface area contributed by atoms with E-state index < -0.39 is 5.97 Å². The number of rotatable bonds is 4. The lowest BCUT2D eigenvalue weighted by Gasteiger charge is -2.19. The number of aliphatic carboxylic acids is 1. The lowest BCUT2D eigenvalue weighted by molar-refractivity contribution is -0.131. The van der Waals surface area contributed by atoms with E-state index in [0.29, 0.717) is 6.04 Å². The van der Waals surface area contributed by atoms with Crippen LogP contribution in [0.1, 0.15) is 18.4 Å². The highest BCUT2D eigenvalue weighted by molar-refractivity contribution is 9.10. The number of nitrogens with zero attached hydrogens (tertiary/aromatic N) is 1. The number of anilines is 1. The first-order valence-electron chi connectivity index (χ1n) is 5.51. The predicted molar refractivity (Wildman–Crippen MR) is 72.2 cm³/mol. The zero-order chi connectivity index (χ0) is 12.4. The zero-order valence-corrected chi connectivity index (χ0v) is 11.1. The minimum atomic E-state index is -0.934. The molecular weight excluding hydrogens is 282 g/mol. The third-order valence-electron chi connectivity index (χ3n) is 2.89. The molecule has 0 atom stereocenters. The van der Waals surface area contributed by atoms with Crippen molar-refractivity contribution < 1.29 is 9.90 Å². The maximum Gasteiger partial charge on any atom is 0.328 e. The van der Waals surface area contributed by atoms with Crippen LogP contribution in [0.3, 0.4) is 0 Å². The van der Waals surface area contributed by atoms with Crippen LogP contribution in [0.15, 0.2) is 28.7 Å². The zero-order valence-electron chi connectivity index (χ0n) is 9.56. The van der Waals surface area contributed by atoms with E-state index in [9.17, 15) is 4.79 Å². The normalized spacial score (nSPS) is 15.2. The number of hydrogen-bond donors (Lipinski definition) is 1. The number of carboxylic acids is 1. The van der Waals surface area contributed by atoms with Gasteiger partial charge in [0.05, 0.1) is 0 Å². The average Bonchev–Trinajstić information content (AvgIpc) is 3.10.